The van der Waals surface area contributed by atoms with Crippen molar-refractivity contribution in [1.82, 2.24) is 10.6 Å². The summed E-state index contributed by atoms with van der Waals surface area (Å²) in [6.07, 6.45) is 1.29. The minimum Gasteiger partial charge on any atom is -0.463 e. The molecule has 15 nitrogen and oxygen atoms in total. The molecule has 0 aliphatic rings. The monoisotopic (exact) mass is 758 g/mol. The van der Waals surface area contributed by atoms with Crippen LogP contribution in [-0.2, 0) is 41.9 Å². The molecule has 50 heavy (non-hydrogen) atoms. The molecule has 6 N–H and O–H groups in total. The highest BCUT2D eigenvalue weighted by atomic mass is 32.2. The minimum absolute atomic E-state index is 0.0719. The second-order valence-electron chi connectivity index (χ2n) is 11.9. The summed E-state index contributed by atoms with van der Waals surface area (Å²) in [6, 6.07) is 0.739. The van der Waals surface area contributed by atoms with Crippen LogP contribution in [0.15, 0.2) is 0 Å². The Kier molecular flexibility index (Phi) is 29.9. The Morgan fingerprint density at radius 1 is 0.760 bits per heavy atom. The van der Waals surface area contributed by atoms with Crippen LogP contribution in [0.5, 0.6) is 0 Å². The SMILES string of the molecule is CCC(C)C(=O)OCC(O)COC(=O)CCSCC(C)C(=O)NC(CO)(CO)CO.CCO[Si](CCCNC(=O)C(C)CC)(OCC)OCC. The summed E-state index contributed by atoms with van der Waals surface area (Å²) < 4.78 is 27.2. The molecule has 0 bridgehead atoms. The predicted molar refractivity (Wildman–Crippen MR) is 193 cm³/mol. The Balaban J connectivity index is 0. The first kappa shape index (κ1) is 50.3. The maximum Gasteiger partial charge on any atom is 0.500 e. The molecule has 17 heteroatoms. The fourth-order valence-corrected chi connectivity index (χ4v) is 7.41. The standard InChI is InChI=1S/C19H35NO9S.C14H31NO4Si/c1-4-13(2)18(27)29-8-15(24)7-28-16(25)5-6-30-9-14(3)17(26)20-19(10-21,11-22)12-23;1-6-13(5)14(16)15-11-10-12-20(17-7-2,18-8-3)19-9-4/h13-15,21-24H,4-12H2,1-3H3,(H,20,26);13H,6-12H2,1-5H3,(H,15,16). The molecule has 0 saturated carbocycles. The van der Waals surface area contributed by atoms with Crippen molar-refractivity contribution >= 4 is 44.3 Å². The van der Waals surface area contributed by atoms with Crippen LogP contribution in [0.3, 0.4) is 0 Å². The zero-order valence-electron chi connectivity index (χ0n) is 31.5. The number of carbonyl (C=O) groups is 4. The van der Waals surface area contributed by atoms with Crippen LogP contribution < -0.4 is 10.6 Å². The van der Waals surface area contributed by atoms with E-state index in [4.69, 9.17) is 22.8 Å². The van der Waals surface area contributed by atoms with Crippen LogP contribution in [0.25, 0.3) is 0 Å². The smallest absolute Gasteiger partial charge is 0.463 e. The lowest BCUT2D eigenvalue weighted by molar-refractivity contribution is -0.154. The maximum absolute atomic E-state index is 12.1. The van der Waals surface area contributed by atoms with E-state index in [1.54, 1.807) is 13.8 Å². The number of esters is 2. The van der Waals surface area contributed by atoms with Gasteiger partial charge in [0.25, 0.3) is 0 Å². The van der Waals surface area contributed by atoms with Gasteiger partial charge < -0.3 is 53.8 Å². The number of carbonyl (C=O) groups excluding carboxylic acids is 4. The van der Waals surface area contributed by atoms with Crippen molar-refractivity contribution in [2.24, 2.45) is 17.8 Å². The zero-order valence-corrected chi connectivity index (χ0v) is 33.3. The number of aliphatic hydroxyl groups excluding tert-OH is 4. The molecule has 0 radical (unpaired) electrons. The van der Waals surface area contributed by atoms with Crippen LogP contribution >= 0.6 is 11.8 Å². The topological polar surface area (TPSA) is 219 Å². The average Bonchev–Trinajstić information content (AvgIpc) is 3.11. The van der Waals surface area contributed by atoms with E-state index in [9.17, 15) is 39.6 Å². The van der Waals surface area contributed by atoms with E-state index >= 15 is 0 Å². The Labute approximate surface area is 304 Å². The molecular formula is C33H66N2O13SSi. The summed E-state index contributed by atoms with van der Waals surface area (Å²) in [7, 11) is -2.55. The predicted octanol–water partition coefficient (Wildman–Crippen LogP) is 1.66. The molecule has 0 aromatic heterocycles. The van der Waals surface area contributed by atoms with Gasteiger partial charge in [0.15, 0.2) is 0 Å². The maximum atomic E-state index is 12.1. The Morgan fingerprint density at radius 2 is 1.28 bits per heavy atom. The first-order chi connectivity index (χ1) is 23.7. The number of aliphatic hydroxyl groups is 4. The van der Waals surface area contributed by atoms with Crippen LogP contribution in [0.1, 0.15) is 81.1 Å². The molecule has 0 saturated heterocycles. The first-order valence-electron chi connectivity index (χ1n) is 17.6. The number of amides is 2. The lowest BCUT2D eigenvalue weighted by Gasteiger charge is -2.30. The van der Waals surface area contributed by atoms with Crippen molar-refractivity contribution < 1.29 is 62.4 Å². The van der Waals surface area contributed by atoms with Gasteiger partial charge in [0.05, 0.1) is 32.2 Å². The van der Waals surface area contributed by atoms with Gasteiger partial charge in [0.2, 0.25) is 11.8 Å². The van der Waals surface area contributed by atoms with Crippen LogP contribution in [0.2, 0.25) is 6.04 Å². The first-order valence-corrected chi connectivity index (χ1v) is 20.7. The van der Waals surface area contributed by atoms with Crippen molar-refractivity contribution in [1.29, 1.82) is 0 Å². The highest BCUT2D eigenvalue weighted by molar-refractivity contribution is 7.99. The summed E-state index contributed by atoms with van der Waals surface area (Å²) in [5, 5.41) is 42.8. The van der Waals surface area contributed by atoms with Crippen LogP contribution in [-0.4, -0.2) is 136 Å². The largest absolute Gasteiger partial charge is 0.500 e. The van der Waals surface area contributed by atoms with Crippen molar-refractivity contribution in [2.75, 3.05) is 70.9 Å². The number of ether oxygens (including phenoxy) is 2. The fourth-order valence-electron chi connectivity index (χ4n) is 3.82. The van der Waals surface area contributed by atoms with Crippen molar-refractivity contribution in [2.45, 2.75) is 98.8 Å². The molecule has 0 aliphatic heterocycles. The molecule has 0 aliphatic carbocycles. The summed E-state index contributed by atoms with van der Waals surface area (Å²) in [5.41, 5.74) is -1.47. The van der Waals surface area contributed by atoms with Crippen molar-refractivity contribution in [3.8, 4) is 0 Å². The average molecular weight is 759 g/mol. The van der Waals surface area contributed by atoms with E-state index in [-0.39, 0.29) is 37.4 Å². The fraction of sp³-hybridized carbons (Fsp3) is 0.879. The van der Waals surface area contributed by atoms with Gasteiger partial charge in [0, 0.05) is 55.8 Å². The van der Waals surface area contributed by atoms with Gasteiger partial charge >= 0.3 is 20.7 Å². The highest BCUT2D eigenvalue weighted by Gasteiger charge is 2.39. The van der Waals surface area contributed by atoms with Gasteiger partial charge in [-0.1, -0.05) is 34.6 Å². The van der Waals surface area contributed by atoms with Gasteiger partial charge in [-0.2, -0.15) is 11.8 Å². The van der Waals surface area contributed by atoms with Crippen LogP contribution in [0.4, 0.5) is 0 Å². The summed E-state index contributed by atoms with van der Waals surface area (Å²) in [6.45, 7) is 15.1. The summed E-state index contributed by atoms with van der Waals surface area (Å²) in [5.74, 6) is -1.14. The van der Waals surface area contributed by atoms with E-state index in [1.165, 1.54) is 11.8 Å². The van der Waals surface area contributed by atoms with E-state index in [2.05, 4.69) is 10.6 Å². The van der Waals surface area contributed by atoms with Gasteiger partial charge in [0.1, 0.15) is 24.9 Å². The molecular weight excluding hydrogens is 693 g/mol. The van der Waals surface area contributed by atoms with Gasteiger partial charge in [-0.05, 0) is 40.0 Å². The third-order valence-electron chi connectivity index (χ3n) is 7.54. The van der Waals surface area contributed by atoms with Crippen molar-refractivity contribution in [3.63, 3.8) is 0 Å². The summed E-state index contributed by atoms with van der Waals surface area (Å²) >= 11 is 1.34. The van der Waals surface area contributed by atoms with Gasteiger partial charge in [-0.3, -0.25) is 19.2 Å². The molecule has 0 aromatic rings. The molecule has 4 atom stereocenters. The van der Waals surface area contributed by atoms with Crippen molar-refractivity contribution in [3.05, 3.63) is 0 Å². The second-order valence-corrected chi connectivity index (χ2v) is 15.8. The Bertz CT molecular complexity index is 905. The normalized spacial score (nSPS) is 14.0. The molecule has 0 heterocycles. The highest BCUT2D eigenvalue weighted by Crippen LogP contribution is 2.18. The second kappa shape index (κ2) is 29.7. The summed E-state index contributed by atoms with van der Waals surface area (Å²) in [4.78, 5) is 47.0. The number of rotatable bonds is 28. The number of thioether (sulfide) groups is 1. The van der Waals surface area contributed by atoms with E-state index < -0.39 is 64.0 Å². The third kappa shape index (κ3) is 22.2. The van der Waals surface area contributed by atoms with E-state index in [0.29, 0.717) is 44.3 Å². The quantitative estimate of drug-likeness (QED) is 0.0380. The number of hydrogen-bond acceptors (Lipinski definition) is 14. The molecule has 0 fully saturated rings. The third-order valence-corrected chi connectivity index (χ3v) is 11.9. The number of nitrogens with one attached hydrogen (secondary N) is 2. The minimum atomic E-state index is -2.55. The van der Waals surface area contributed by atoms with E-state index in [1.807, 2.05) is 41.5 Å². The molecule has 4 unspecified atom stereocenters. The number of hydrogen-bond donors (Lipinski definition) is 6. The van der Waals surface area contributed by atoms with Gasteiger partial charge in [-0.15, -0.1) is 0 Å². The molecule has 0 spiro atoms. The Hall–Kier alpha value is -1.83. The zero-order chi connectivity index (χ0) is 38.6. The van der Waals surface area contributed by atoms with Crippen LogP contribution in [0, 0.1) is 17.8 Å². The lowest BCUT2D eigenvalue weighted by Crippen LogP contribution is -2.58. The molecule has 2 amide bonds. The molecule has 0 aromatic carbocycles. The van der Waals surface area contributed by atoms with E-state index in [0.717, 1.165) is 18.9 Å². The lowest BCUT2D eigenvalue weighted by atomic mass is 10.0. The Morgan fingerprint density at radius 3 is 1.76 bits per heavy atom. The van der Waals surface area contributed by atoms with Gasteiger partial charge in [-0.25, -0.2) is 0 Å². The molecule has 0 rings (SSSR count). The molecule has 296 valence electrons.